The molecule has 0 saturated carbocycles. The van der Waals surface area contributed by atoms with Crippen LogP contribution in [-0.4, -0.2) is 22.0 Å². The molecule has 0 aliphatic carbocycles. The molecule has 0 N–H and O–H groups in total. The molecule has 0 atom stereocenters. The number of hydrogen-bond acceptors (Lipinski definition) is 2. The van der Waals surface area contributed by atoms with Gasteiger partial charge < -0.3 is 3.79 Å². The van der Waals surface area contributed by atoms with Gasteiger partial charge in [-0.1, -0.05) is 5.79 Å². The van der Waals surface area contributed by atoms with Gasteiger partial charge in [-0.3, -0.25) is 4.79 Å². The van der Waals surface area contributed by atoms with E-state index in [4.69, 9.17) is 0 Å². The zero-order chi connectivity index (χ0) is 4.12. The van der Waals surface area contributed by atoms with Gasteiger partial charge in [0.2, 0.25) is 0 Å². The van der Waals surface area contributed by atoms with Crippen LogP contribution in [0.3, 0.4) is 0 Å². The second kappa shape index (κ2) is 4.00. The van der Waals surface area contributed by atoms with E-state index in [0.717, 1.165) is 0 Å². The van der Waals surface area contributed by atoms with Crippen molar-refractivity contribution in [1.29, 1.82) is 0 Å². The average Bonchev–Trinajstić information content (AvgIpc) is 1.41. The molecule has 0 aromatic heterocycles. The van der Waals surface area contributed by atoms with Crippen LogP contribution in [0, 0.1) is 0 Å². The summed E-state index contributed by atoms with van der Waals surface area (Å²) in [5.41, 5.74) is 0. The third kappa shape index (κ3) is 4.00. The molecule has 0 heterocycles. The standard InChI is InChI=1S/CH2O2.CH3.Al/c2-1-3;;/h1H,(H,2,3);1H3;/q;;+1/p-1. The first-order chi connectivity index (χ1) is 2.41. The summed E-state index contributed by atoms with van der Waals surface area (Å²) in [5, 5.41) is 0. The largest absolute Gasteiger partial charge is 0.624 e. The summed E-state index contributed by atoms with van der Waals surface area (Å²) >= 11 is -0.0822. The summed E-state index contributed by atoms with van der Waals surface area (Å²) in [4.78, 5) is 9.20. The van der Waals surface area contributed by atoms with Crippen molar-refractivity contribution in [2.45, 2.75) is 5.79 Å². The normalized spacial score (nSPS) is 5.80. The smallest absolute Gasteiger partial charge is 0.521 e. The minimum atomic E-state index is -0.0822. The Bertz CT molecular complexity index is 28.8. The fourth-order valence-corrected chi connectivity index (χ4v) is 0.167. The third-order valence-electron chi connectivity index (χ3n) is 0.192. The van der Waals surface area contributed by atoms with Crippen LogP contribution in [0.1, 0.15) is 0 Å². The Kier molecular flexibility index (Phi) is 4.00. The third-order valence-corrected chi connectivity index (χ3v) is 0.575. The Hall–Kier alpha value is 0.00247. The van der Waals surface area contributed by atoms with Crippen molar-refractivity contribution in [3.63, 3.8) is 0 Å². The van der Waals surface area contributed by atoms with E-state index in [9.17, 15) is 4.79 Å². The van der Waals surface area contributed by atoms with Crippen LogP contribution in [0.5, 0.6) is 0 Å². The highest BCUT2D eigenvalue weighted by atomic mass is 27.1. The van der Waals surface area contributed by atoms with Gasteiger partial charge in [0.1, 0.15) is 0 Å². The molecular weight excluding hydrogens is 83.0 g/mol. The number of hydrogen-bond donors (Lipinski definition) is 0. The molecule has 0 aromatic rings. The van der Waals surface area contributed by atoms with E-state index in [1.165, 1.54) is 0 Å². The molecule has 0 unspecified atom stereocenters. The summed E-state index contributed by atoms with van der Waals surface area (Å²) < 4.78 is 4.24. The molecular formula is C2H4AlO2. The molecule has 0 rings (SSSR count). The monoisotopic (exact) mass is 87.0 g/mol. The van der Waals surface area contributed by atoms with Gasteiger partial charge in [0, 0.05) is 0 Å². The van der Waals surface area contributed by atoms with Gasteiger partial charge in [-0.05, 0) is 0 Å². The molecule has 0 spiro atoms. The predicted octanol–water partition coefficient (Wildman–Crippen LogP) is -0.173. The molecule has 0 aliphatic heterocycles. The Morgan fingerprint density at radius 3 is 2.60 bits per heavy atom. The van der Waals surface area contributed by atoms with Crippen LogP contribution in [0.4, 0.5) is 0 Å². The lowest BCUT2D eigenvalue weighted by atomic mass is 11.7. The van der Waals surface area contributed by atoms with Crippen molar-refractivity contribution in [3.05, 3.63) is 0 Å². The first-order valence-electron chi connectivity index (χ1n) is 1.28. The molecule has 0 aliphatic rings. The number of carbonyl (C=O) groups is 1. The van der Waals surface area contributed by atoms with E-state index in [1.807, 2.05) is 5.79 Å². The van der Waals surface area contributed by atoms with Gasteiger partial charge in [0.25, 0.3) is 6.47 Å². The first-order valence-corrected chi connectivity index (χ1v) is 2.91. The van der Waals surface area contributed by atoms with Crippen LogP contribution < -0.4 is 0 Å². The van der Waals surface area contributed by atoms with E-state index in [1.54, 1.807) is 0 Å². The Labute approximate surface area is 37.2 Å². The van der Waals surface area contributed by atoms with Crippen LogP contribution in [0.2, 0.25) is 5.79 Å². The van der Waals surface area contributed by atoms with Gasteiger partial charge in [0.15, 0.2) is 0 Å². The maximum Gasteiger partial charge on any atom is 0.521 e. The van der Waals surface area contributed by atoms with Crippen molar-refractivity contribution in [3.8, 4) is 0 Å². The molecule has 0 fully saturated rings. The second-order valence-corrected chi connectivity index (χ2v) is 1.21. The number of rotatable bonds is 2. The van der Waals surface area contributed by atoms with Gasteiger partial charge in [-0.25, -0.2) is 0 Å². The highest BCUT2D eigenvalue weighted by Crippen LogP contribution is 1.51. The Balaban J connectivity index is 2.40. The molecule has 2 nitrogen and oxygen atoms in total. The van der Waals surface area contributed by atoms with E-state index >= 15 is 0 Å². The fourth-order valence-electron chi connectivity index (χ4n) is 0.0556. The molecule has 0 amide bonds. The van der Waals surface area contributed by atoms with Gasteiger partial charge >= 0.3 is 15.6 Å². The van der Waals surface area contributed by atoms with Crippen LogP contribution in [-0.2, 0) is 8.58 Å². The summed E-state index contributed by atoms with van der Waals surface area (Å²) in [6, 6.07) is 0. The fraction of sp³-hybridized carbons (Fsp3) is 0.500. The summed E-state index contributed by atoms with van der Waals surface area (Å²) in [5.74, 6) is 1.84. The predicted molar refractivity (Wildman–Crippen MR) is 18.8 cm³/mol. The zero-order valence-electron chi connectivity index (χ0n) is 2.97. The highest BCUT2D eigenvalue weighted by Gasteiger charge is 1.73. The van der Waals surface area contributed by atoms with Crippen LogP contribution in [0.15, 0.2) is 0 Å². The summed E-state index contributed by atoms with van der Waals surface area (Å²) in [7, 11) is 0. The van der Waals surface area contributed by atoms with E-state index in [2.05, 4.69) is 3.79 Å². The van der Waals surface area contributed by atoms with Crippen molar-refractivity contribution >= 4 is 22.0 Å². The second-order valence-electron chi connectivity index (χ2n) is 0.468. The van der Waals surface area contributed by atoms with Crippen molar-refractivity contribution in [1.82, 2.24) is 0 Å². The van der Waals surface area contributed by atoms with Gasteiger partial charge in [0.05, 0.1) is 0 Å². The van der Waals surface area contributed by atoms with E-state index in [0.29, 0.717) is 6.47 Å². The van der Waals surface area contributed by atoms with Crippen molar-refractivity contribution in [2.24, 2.45) is 0 Å². The lowest BCUT2D eigenvalue weighted by molar-refractivity contribution is -0.120. The van der Waals surface area contributed by atoms with Crippen molar-refractivity contribution in [2.75, 3.05) is 0 Å². The summed E-state index contributed by atoms with van der Waals surface area (Å²) in [6.45, 7) is 0.468. The maximum atomic E-state index is 9.20. The average molecular weight is 87.0 g/mol. The highest BCUT2D eigenvalue weighted by molar-refractivity contribution is 6.27. The Morgan fingerprint density at radius 1 is 2.00 bits per heavy atom. The lowest BCUT2D eigenvalue weighted by Gasteiger charge is -1.79. The quantitative estimate of drug-likeness (QED) is 0.345. The minimum Gasteiger partial charge on any atom is -0.624 e. The molecule has 1 radical (unpaired) electrons. The van der Waals surface area contributed by atoms with Crippen molar-refractivity contribution < 1.29 is 8.58 Å². The van der Waals surface area contributed by atoms with Gasteiger partial charge in [-0.15, -0.1) is 0 Å². The SMILES string of the molecule is [CH3][Al][O]C=O. The van der Waals surface area contributed by atoms with Gasteiger partial charge in [-0.2, -0.15) is 0 Å². The van der Waals surface area contributed by atoms with Crippen LogP contribution in [0.25, 0.3) is 0 Å². The van der Waals surface area contributed by atoms with Crippen LogP contribution >= 0.6 is 0 Å². The minimum absolute atomic E-state index is 0.0822. The molecule has 27 valence electrons. The molecule has 0 aromatic carbocycles. The molecule has 3 heteroatoms. The van der Waals surface area contributed by atoms with E-state index in [-0.39, 0.29) is 15.6 Å². The first kappa shape index (κ1) is 5.00. The molecule has 0 saturated heterocycles. The summed E-state index contributed by atoms with van der Waals surface area (Å²) in [6.07, 6.45) is 0. The lowest BCUT2D eigenvalue weighted by Crippen LogP contribution is -1.85. The topological polar surface area (TPSA) is 26.3 Å². The zero-order valence-corrected chi connectivity index (χ0v) is 4.13. The maximum absolute atomic E-state index is 9.20. The molecule has 0 bridgehead atoms. The van der Waals surface area contributed by atoms with E-state index < -0.39 is 0 Å². The Morgan fingerprint density at radius 2 is 2.60 bits per heavy atom. The number of carbonyl (C=O) groups excluding carboxylic acids is 1. The molecule has 5 heavy (non-hydrogen) atoms.